The van der Waals surface area contributed by atoms with E-state index in [4.69, 9.17) is 0 Å². The molecule has 3 heteroatoms. The molecule has 0 heterocycles. The molecule has 0 aromatic rings. The van der Waals surface area contributed by atoms with Gasteiger partial charge in [-0.25, -0.2) is 0 Å². The molecule has 1 amide bonds. The predicted molar refractivity (Wildman–Crippen MR) is 62.7 cm³/mol. The first-order valence-corrected chi connectivity index (χ1v) is 6.55. The number of hydrogen-bond acceptors (Lipinski definition) is 2. The minimum absolute atomic E-state index is 0.242. The molecule has 0 N–H and O–H groups in total. The highest BCUT2D eigenvalue weighted by Gasteiger charge is 2.27. The molecule has 1 aliphatic carbocycles. The third-order valence-electron chi connectivity index (χ3n) is 3.12. The molecule has 1 rings (SSSR count). The monoisotopic (exact) mass is 215 g/mol. The second-order valence-corrected chi connectivity index (χ2v) is 5.35. The van der Waals surface area contributed by atoms with Gasteiger partial charge in [-0.05, 0) is 24.5 Å². The zero-order chi connectivity index (χ0) is 10.6. The zero-order valence-corrected chi connectivity index (χ0v) is 10.3. The Hall–Kier alpha value is -0.180. The van der Waals surface area contributed by atoms with E-state index in [-0.39, 0.29) is 5.24 Å². The highest BCUT2D eigenvalue weighted by atomic mass is 32.2. The summed E-state index contributed by atoms with van der Waals surface area (Å²) in [5.74, 6) is 1.56. The number of hydrogen-bond donors (Lipinski definition) is 0. The normalized spacial score (nSPS) is 27.4. The Bertz CT molecular complexity index is 196. The van der Waals surface area contributed by atoms with Crippen LogP contribution in [0.4, 0.5) is 4.79 Å². The van der Waals surface area contributed by atoms with Crippen LogP contribution >= 0.6 is 11.8 Å². The molecule has 1 saturated carbocycles. The van der Waals surface area contributed by atoms with E-state index in [1.54, 1.807) is 0 Å². The summed E-state index contributed by atoms with van der Waals surface area (Å²) in [5, 5.41) is 0.242. The Labute approximate surface area is 91.4 Å². The number of carbonyl (C=O) groups excluding carboxylic acids is 1. The molecule has 0 aromatic heterocycles. The van der Waals surface area contributed by atoms with E-state index in [2.05, 4.69) is 6.92 Å². The second-order valence-electron chi connectivity index (χ2n) is 4.14. The third kappa shape index (κ3) is 2.91. The van der Waals surface area contributed by atoms with E-state index >= 15 is 0 Å². The lowest BCUT2D eigenvalue weighted by molar-refractivity contribution is 0.163. The zero-order valence-electron chi connectivity index (χ0n) is 9.45. The van der Waals surface area contributed by atoms with Crippen molar-refractivity contribution in [1.29, 1.82) is 0 Å². The lowest BCUT2D eigenvalue weighted by atomic mass is 9.85. The summed E-state index contributed by atoms with van der Waals surface area (Å²) < 4.78 is 0. The van der Waals surface area contributed by atoms with Crippen LogP contribution in [0.3, 0.4) is 0 Å². The molecule has 2 atom stereocenters. The van der Waals surface area contributed by atoms with Crippen molar-refractivity contribution in [1.82, 2.24) is 4.90 Å². The predicted octanol–water partition coefficient (Wildman–Crippen LogP) is 3.37. The third-order valence-corrected chi connectivity index (χ3v) is 3.94. The molecule has 82 valence electrons. The summed E-state index contributed by atoms with van der Waals surface area (Å²) in [4.78, 5) is 13.6. The molecule has 0 aromatic carbocycles. The van der Waals surface area contributed by atoms with Crippen LogP contribution in [-0.2, 0) is 0 Å². The maximum absolute atomic E-state index is 11.7. The van der Waals surface area contributed by atoms with Crippen LogP contribution in [0.2, 0.25) is 0 Å². The number of thioether (sulfide) groups is 1. The first kappa shape index (κ1) is 11.9. The lowest BCUT2D eigenvalue weighted by Gasteiger charge is -2.35. The highest BCUT2D eigenvalue weighted by Crippen LogP contribution is 2.28. The molecule has 0 aliphatic heterocycles. The Balaban J connectivity index is 2.48. The van der Waals surface area contributed by atoms with Gasteiger partial charge in [-0.15, -0.1) is 0 Å². The molecule has 2 nitrogen and oxygen atoms in total. The van der Waals surface area contributed by atoms with Gasteiger partial charge >= 0.3 is 0 Å². The van der Waals surface area contributed by atoms with Crippen LogP contribution in [0.25, 0.3) is 0 Å². The first-order chi connectivity index (χ1) is 6.66. The van der Waals surface area contributed by atoms with E-state index in [0.29, 0.717) is 12.0 Å². The largest absolute Gasteiger partial charge is 0.333 e. The van der Waals surface area contributed by atoms with Crippen molar-refractivity contribution in [3.63, 3.8) is 0 Å². The van der Waals surface area contributed by atoms with Gasteiger partial charge in [0.05, 0.1) is 0 Å². The van der Waals surface area contributed by atoms with Gasteiger partial charge in [0.2, 0.25) is 0 Å². The Morgan fingerprint density at radius 2 is 2.07 bits per heavy atom. The quantitative estimate of drug-likeness (QED) is 0.704. The van der Waals surface area contributed by atoms with Crippen LogP contribution in [0, 0.1) is 5.92 Å². The SMILES string of the molecule is CCSC(=O)N(C)C1CCCCC1C. The summed E-state index contributed by atoms with van der Waals surface area (Å²) in [7, 11) is 1.96. The minimum Gasteiger partial charge on any atom is -0.333 e. The van der Waals surface area contributed by atoms with Crippen molar-refractivity contribution in [3.05, 3.63) is 0 Å². The lowest BCUT2D eigenvalue weighted by Crippen LogP contribution is -2.41. The fourth-order valence-corrected chi connectivity index (χ4v) is 2.82. The Kier molecular flexibility index (Phi) is 4.79. The van der Waals surface area contributed by atoms with E-state index in [0.717, 1.165) is 5.75 Å². The maximum atomic E-state index is 11.7. The van der Waals surface area contributed by atoms with Crippen molar-refractivity contribution in [2.45, 2.75) is 45.6 Å². The Morgan fingerprint density at radius 3 is 2.64 bits per heavy atom. The summed E-state index contributed by atoms with van der Waals surface area (Å²) in [6, 6.07) is 0.482. The van der Waals surface area contributed by atoms with Gasteiger partial charge in [0.15, 0.2) is 0 Å². The average molecular weight is 215 g/mol. The molecule has 2 unspecified atom stereocenters. The first-order valence-electron chi connectivity index (χ1n) is 5.56. The molecule has 14 heavy (non-hydrogen) atoms. The van der Waals surface area contributed by atoms with Gasteiger partial charge in [-0.1, -0.05) is 38.5 Å². The second kappa shape index (κ2) is 5.64. The Morgan fingerprint density at radius 1 is 1.43 bits per heavy atom. The topological polar surface area (TPSA) is 20.3 Å². The standard InChI is InChI=1S/C11H21NOS/c1-4-14-11(13)12(3)10-8-6-5-7-9(10)2/h9-10H,4-8H2,1-3H3. The van der Waals surface area contributed by atoms with Gasteiger partial charge in [0.1, 0.15) is 0 Å². The van der Waals surface area contributed by atoms with Crippen LogP contribution in [-0.4, -0.2) is 29.0 Å². The number of carbonyl (C=O) groups is 1. The van der Waals surface area contributed by atoms with E-state index in [9.17, 15) is 4.79 Å². The van der Waals surface area contributed by atoms with Crippen molar-refractivity contribution in [2.75, 3.05) is 12.8 Å². The number of amides is 1. The molecule has 0 radical (unpaired) electrons. The van der Waals surface area contributed by atoms with Gasteiger partial charge in [-0.3, -0.25) is 4.79 Å². The number of rotatable bonds is 2. The van der Waals surface area contributed by atoms with E-state index in [1.807, 2.05) is 18.9 Å². The maximum Gasteiger partial charge on any atom is 0.281 e. The fourth-order valence-electron chi connectivity index (χ4n) is 2.23. The van der Waals surface area contributed by atoms with Gasteiger partial charge in [0.25, 0.3) is 5.24 Å². The molecular weight excluding hydrogens is 194 g/mol. The van der Waals surface area contributed by atoms with Crippen LogP contribution in [0.5, 0.6) is 0 Å². The molecular formula is C11H21NOS. The van der Waals surface area contributed by atoms with E-state index < -0.39 is 0 Å². The van der Waals surface area contributed by atoms with Crippen molar-refractivity contribution in [3.8, 4) is 0 Å². The summed E-state index contributed by atoms with van der Waals surface area (Å²) in [5.41, 5.74) is 0. The highest BCUT2D eigenvalue weighted by molar-refractivity contribution is 8.13. The molecule has 1 aliphatic rings. The molecule has 0 saturated heterocycles. The van der Waals surface area contributed by atoms with Crippen LogP contribution in [0.1, 0.15) is 39.5 Å². The summed E-state index contributed by atoms with van der Waals surface area (Å²) in [6.07, 6.45) is 5.08. The molecule has 1 fully saturated rings. The van der Waals surface area contributed by atoms with Crippen LogP contribution < -0.4 is 0 Å². The minimum atomic E-state index is 0.242. The fraction of sp³-hybridized carbons (Fsp3) is 0.909. The molecule has 0 spiro atoms. The summed E-state index contributed by atoms with van der Waals surface area (Å²) in [6.45, 7) is 4.30. The van der Waals surface area contributed by atoms with E-state index in [1.165, 1.54) is 37.4 Å². The summed E-state index contributed by atoms with van der Waals surface area (Å²) >= 11 is 1.42. The van der Waals surface area contributed by atoms with Crippen molar-refractivity contribution in [2.24, 2.45) is 5.92 Å². The van der Waals surface area contributed by atoms with Gasteiger partial charge in [-0.2, -0.15) is 0 Å². The van der Waals surface area contributed by atoms with Crippen molar-refractivity contribution < 1.29 is 4.79 Å². The van der Waals surface area contributed by atoms with Crippen molar-refractivity contribution >= 4 is 17.0 Å². The number of nitrogens with zero attached hydrogens (tertiary/aromatic N) is 1. The van der Waals surface area contributed by atoms with Gasteiger partial charge < -0.3 is 4.90 Å². The van der Waals surface area contributed by atoms with Gasteiger partial charge in [0, 0.05) is 13.1 Å². The molecule has 0 bridgehead atoms. The average Bonchev–Trinajstić information content (AvgIpc) is 2.18. The van der Waals surface area contributed by atoms with Crippen LogP contribution in [0.15, 0.2) is 0 Å². The smallest absolute Gasteiger partial charge is 0.281 e.